The number of allylic oxidation sites excluding steroid dienone is 2. The van der Waals surface area contributed by atoms with Gasteiger partial charge in [-0.1, -0.05) is 58.0 Å². The van der Waals surface area contributed by atoms with E-state index in [2.05, 4.69) is 106 Å². The number of benzene rings is 2. The molecule has 0 radical (unpaired) electrons. The monoisotopic (exact) mass is 995 g/mol. The number of pyridine rings is 2. The van der Waals surface area contributed by atoms with Crippen molar-refractivity contribution in [3.63, 3.8) is 0 Å². The van der Waals surface area contributed by atoms with Gasteiger partial charge in [-0.15, -0.1) is 0 Å². The molecular formula is C56H78N6O6S2+2. The lowest BCUT2D eigenvalue weighted by Crippen LogP contribution is -2.43. The SMILES string of the molecule is O=C(C[n+]1ccc2c(c1)CCC/C2=C\c1ccc(N(CCCCO)CCCCO)cc1)NCCSSCCNC(=O)C[n+]1ccc2c(c1)CCC/C2=C\c1ccc(N(CCCCO)CCCCO)cc1. The first-order valence-corrected chi connectivity index (χ1v) is 28.2. The summed E-state index contributed by atoms with van der Waals surface area (Å²) in [5.74, 6) is 1.55. The Labute approximate surface area is 424 Å². The first-order chi connectivity index (χ1) is 34.4. The number of carbonyl (C=O) groups is 2. The number of hydrogen-bond acceptors (Lipinski definition) is 10. The van der Waals surface area contributed by atoms with E-state index in [0.717, 1.165) is 128 Å². The third-order valence-corrected chi connectivity index (χ3v) is 15.4. The highest BCUT2D eigenvalue weighted by Crippen LogP contribution is 2.33. The van der Waals surface area contributed by atoms with Crippen LogP contribution in [0.4, 0.5) is 11.4 Å². The molecule has 70 heavy (non-hydrogen) atoms. The molecule has 14 heteroatoms. The maximum absolute atomic E-state index is 12.9. The van der Waals surface area contributed by atoms with Crippen molar-refractivity contribution in [1.82, 2.24) is 10.6 Å². The van der Waals surface area contributed by atoms with E-state index in [1.807, 2.05) is 21.5 Å². The van der Waals surface area contributed by atoms with Gasteiger partial charge in [0.2, 0.25) is 13.1 Å². The number of hydrogen-bond donors (Lipinski definition) is 6. The third kappa shape index (κ3) is 18.2. The fraction of sp³-hybridized carbons (Fsp3) is 0.500. The first kappa shape index (κ1) is 54.6. The van der Waals surface area contributed by atoms with E-state index in [0.29, 0.717) is 13.1 Å². The number of aryl methyl sites for hydroxylation is 2. The number of carbonyl (C=O) groups excluding carboxylic acids is 2. The molecule has 6 N–H and O–H groups in total. The highest BCUT2D eigenvalue weighted by molar-refractivity contribution is 8.76. The molecule has 0 saturated carbocycles. The molecule has 0 spiro atoms. The summed E-state index contributed by atoms with van der Waals surface area (Å²) in [5, 5.41) is 43.2. The third-order valence-electron chi connectivity index (χ3n) is 13.0. The van der Waals surface area contributed by atoms with Gasteiger partial charge >= 0.3 is 0 Å². The second kappa shape index (κ2) is 30.9. The molecule has 2 aromatic carbocycles. The lowest BCUT2D eigenvalue weighted by Gasteiger charge is -2.25. The summed E-state index contributed by atoms with van der Waals surface area (Å²) in [6, 6.07) is 21.7. The van der Waals surface area contributed by atoms with Crippen molar-refractivity contribution in [1.29, 1.82) is 0 Å². The zero-order chi connectivity index (χ0) is 49.2. The summed E-state index contributed by atoms with van der Waals surface area (Å²) in [4.78, 5) is 30.5. The molecule has 2 heterocycles. The lowest BCUT2D eigenvalue weighted by atomic mass is 9.87. The van der Waals surface area contributed by atoms with Crippen LogP contribution >= 0.6 is 21.6 Å². The van der Waals surface area contributed by atoms with Crippen LogP contribution in [0.2, 0.25) is 0 Å². The molecule has 2 aromatic heterocycles. The first-order valence-electron chi connectivity index (χ1n) is 25.7. The van der Waals surface area contributed by atoms with Gasteiger partial charge in [-0.2, -0.15) is 9.13 Å². The van der Waals surface area contributed by atoms with Gasteiger partial charge in [-0.25, -0.2) is 0 Å². The molecule has 2 amide bonds. The average Bonchev–Trinajstić information content (AvgIpc) is 3.37. The molecule has 0 atom stereocenters. The maximum Gasteiger partial charge on any atom is 0.286 e. The summed E-state index contributed by atoms with van der Waals surface area (Å²) in [5.41, 5.74) is 12.4. The Hall–Kier alpha value is -4.70. The van der Waals surface area contributed by atoms with E-state index in [1.165, 1.54) is 55.9 Å². The molecule has 2 aliphatic rings. The normalized spacial score (nSPS) is 14.3. The zero-order valence-electron chi connectivity index (χ0n) is 41.2. The molecule has 0 unspecified atom stereocenters. The molecule has 378 valence electrons. The second-order valence-electron chi connectivity index (χ2n) is 18.4. The van der Waals surface area contributed by atoms with Crippen molar-refractivity contribution < 1.29 is 39.1 Å². The average molecular weight is 995 g/mol. The number of nitrogens with zero attached hydrogens (tertiary/aromatic N) is 4. The Morgan fingerprint density at radius 1 is 0.514 bits per heavy atom. The van der Waals surface area contributed by atoms with Gasteiger partial charge < -0.3 is 40.9 Å². The quantitative estimate of drug-likeness (QED) is 0.0176. The van der Waals surface area contributed by atoms with Crippen molar-refractivity contribution >= 4 is 68.1 Å². The van der Waals surface area contributed by atoms with Crippen LogP contribution in [0.1, 0.15) is 110 Å². The van der Waals surface area contributed by atoms with Crippen LogP contribution < -0.4 is 29.6 Å². The minimum atomic E-state index is -0.00555. The van der Waals surface area contributed by atoms with Gasteiger partial charge in [0.25, 0.3) is 11.8 Å². The van der Waals surface area contributed by atoms with Crippen LogP contribution in [0.15, 0.2) is 85.5 Å². The highest BCUT2D eigenvalue weighted by Gasteiger charge is 2.21. The molecule has 4 aromatic rings. The molecule has 12 nitrogen and oxygen atoms in total. The van der Waals surface area contributed by atoms with Gasteiger partial charge in [0.1, 0.15) is 0 Å². The van der Waals surface area contributed by atoms with E-state index in [4.69, 9.17) is 0 Å². The largest absolute Gasteiger partial charge is 0.396 e. The predicted octanol–water partition coefficient (Wildman–Crippen LogP) is 7.03. The lowest BCUT2D eigenvalue weighted by molar-refractivity contribution is -0.685. The summed E-state index contributed by atoms with van der Waals surface area (Å²) in [6.45, 7) is 6.10. The van der Waals surface area contributed by atoms with E-state index in [1.54, 1.807) is 21.6 Å². The highest BCUT2D eigenvalue weighted by atomic mass is 33.1. The van der Waals surface area contributed by atoms with E-state index >= 15 is 0 Å². The number of rotatable bonds is 31. The molecule has 0 aliphatic heterocycles. The Morgan fingerprint density at radius 2 is 0.886 bits per heavy atom. The summed E-state index contributed by atoms with van der Waals surface area (Å²) < 4.78 is 3.97. The number of aliphatic hydroxyl groups excluding tert-OH is 4. The molecule has 0 fully saturated rings. The number of fused-ring (bicyclic) bond motifs is 2. The number of aliphatic hydroxyl groups is 4. The summed E-state index contributed by atoms with van der Waals surface area (Å²) >= 11 is 0. The van der Waals surface area contributed by atoms with E-state index < -0.39 is 0 Å². The molecule has 2 aliphatic carbocycles. The topological polar surface area (TPSA) is 153 Å². The second-order valence-corrected chi connectivity index (χ2v) is 21.1. The van der Waals surface area contributed by atoms with Crippen molar-refractivity contribution in [3.05, 3.63) is 119 Å². The van der Waals surface area contributed by atoms with Gasteiger partial charge in [0.15, 0.2) is 24.8 Å². The molecular weight excluding hydrogens is 917 g/mol. The standard InChI is InChI=1S/C56H76N6O6S2/c63-33-5-1-27-61(28-2-6-34-64)51-19-15-45(16-20-51)39-47-11-9-13-49-41-59(31-23-53(47)49)43-55(67)57-25-37-69-70-38-26-58-56(68)44-60-32-24-54-48(12-10-14-50(54)42-60)40-46-17-21-52(22-18-46)62(29-3-7-35-65)30-4-8-36-66/h15-24,31-32,39-42,63-66H,1-14,25-30,33-38,43-44H2/p+2. The Bertz CT molecular complexity index is 2090. The van der Waals surface area contributed by atoms with Gasteiger partial charge in [0.05, 0.1) is 0 Å². The zero-order valence-corrected chi connectivity index (χ0v) is 42.9. The fourth-order valence-electron chi connectivity index (χ4n) is 9.30. The summed E-state index contributed by atoms with van der Waals surface area (Å²) in [7, 11) is 3.40. The van der Waals surface area contributed by atoms with Crippen molar-refractivity contribution in [3.8, 4) is 0 Å². The maximum atomic E-state index is 12.9. The van der Waals surface area contributed by atoms with Crippen LogP contribution in [-0.2, 0) is 35.5 Å². The minimum Gasteiger partial charge on any atom is -0.396 e. The van der Waals surface area contributed by atoms with Crippen molar-refractivity contribution in [2.75, 3.05) is 87.0 Å². The number of anilines is 2. The number of nitrogens with one attached hydrogen (secondary N) is 2. The Balaban J connectivity index is 0.874. The van der Waals surface area contributed by atoms with Crippen LogP contribution in [0.3, 0.4) is 0 Å². The molecule has 0 saturated heterocycles. The summed E-state index contributed by atoms with van der Waals surface area (Å²) in [6.07, 6.45) is 25.9. The Kier molecular flexibility index (Phi) is 24.1. The fourth-order valence-corrected chi connectivity index (χ4v) is 11.1. The molecule has 0 bridgehead atoms. The van der Waals surface area contributed by atoms with E-state index in [9.17, 15) is 30.0 Å². The smallest absolute Gasteiger partial charge is 0.286 e. The predicted molar refractivity (Wildman–Crippen MR) is 288 cm³/mol. The number of amides is 2. The van der Waals surface area contributed by atoms with Gasteiger partial charge in [0, 0.05) is 112 Å². The van der Waals surface area contributed by atoms with E-state index in [-0.39, 0.29) is 51.3 Å². The van der Waals surface area contributed by atoms with Crippen LogP contribution in [0, 0.1) is 0 Å². The van der Waals surface area contributed by atoms with Gasteiger partial charge in [-0.05, 0) is 148 Å². The minimum absolute atomic E-state index is 0.00555. The Morgan fingerprint density at radius 3 is 1.24 bits per heavy atom. The van der Waals surface area contributed by atoms with Crippen molar-refractivity contribution in [2.45, 2.75) is 103 Å². The number of unbranched alkanes of at least 4 members (excludes halogenated alkanes) is 4. The van der Waals surface area contributed by atoms with Gasteiger partial charge in [-0.3, -0.25) is 9.59 Å². The van der Waals surface area contributed by atoms with Crippen LogP contribution in [0.5, 0.6) is 0 Å². The molecule has 6 rings (SSSR count). The van der Waals surface area contributed by atoms with Crippen LogP contribution in [0.25, 0.3) is 23.3 Å². The van der Waals surface area contributed by atoms with Crippen molar-refractivity contribution in [2.24, 2.45) is 0 Å². The number of aromatic nitrogens is 2. The van der Waals surface area contributed by atoms with Crippen LogP contribution in [-0.4, -0.2) is 109 Å².